The molecule has 0 saturated carbocycles. The molecule has 0 saturated heterocycles. The first kappa shape index (κ1) is 16.1. The molecule has 4 nitrogen and oxygen atoms in total. The van der Waals surface area contributed by atoms with Crippen LogP contribution in [0.2, 0.25) is 5.02 Å². The third kappa shape index (κ3) is 5.72. The van der Waals surface area contributed by atoms with Crippen LogP contribution in [-0.2, 0) is 0 Å². The predicted molar refractivity (Wildman–Crippen MR) is 81.2 cm³/mol. The summed E-state index contributed by atoms with van der Waals surface area (Å²) in [7, 11) is 0. The van der Waals surface area contributed by atoms with Crippen molar-refractivity contribution >= 4 is 35.1 Å². The Bertz CT molecular complexity index is 429. The highest BCUT2D eigenvalue weighted by molar-refractivity contribution is 7.98. The van der Waals surface area contributed by atoms with Crippen molar-refractivity contribution in [3.05, 3.63) is 23.2 Å². The molecule has 2 amide bonds. The van der Waals surface area contributed by atoms with Gasteiger partial charge in [0.15, 0.2) is 0 Å². The van der Waals surface area contributed by atoms with Crippen molar-refractivity contribution in [3.63, 3.8) is 0 Å². The van der Waals surface area contributed by atoms with E-state index in [1.165, 1.54) is 11.8 Å². The molecule has 0 aliphatic rings. The summed E-state index contributed by atoms with van der Waals surface area (Å²) in [6.45, 7) is 2.34. The number of carbonyl (C=O) groups is 1. The summed E-state index contributed by atoms with van der Waals surface area (Å²) >= 11 is 7.45. The van der Waals surface area contributed by atoms with E-state index >= 15 is 0 Å². The lowest BCUT2D eigenvalue weighted by Gasteiger charge is -2.12. The zero-order valence-corrected chi connectivity index (χ0v) is 12.6. The summed E-state index contributed by atoms with van der Waals surface area (Å²) in [5.74, 6) is 0. The standard InChI is InChI=1S/C13H19ClN2O2S/c1-3-10(17)6-7-15-13(18)16-11-8-9(14)4-5-12(11)19-2/h4-5,8,10,17H,3,6-7H2,1-2H3,(H2,15,16,18). The largest absolute Gasteiger partial charge is 0.393 e. The SMILES string of the molecule is CCC(O)CCNC(=O)Nc1cc(Cl)ccc1SC. The van der Waals surface area contributed by atoms with Gasteiger partial charge in [-0.1, -0.05) is 18.5 Å². The summed E-state index contributed by atoms with van der Waals surface area (Å²) < 4.78 is 0. The van der Waals surface area contributed by atoms with Crippen LogP contribution < -0.4 is 10.6 Å². The number of hydrogen-bond donors (Lipinski definition) is 3. The highest BCUT2D eigenvalue weighted by Gasteiger charge is 2.07. The van der Waals surface area contributed by atoms with Crippen LogP contribution in [0.5, 0.6) is 0 Å². The molecule has 0 aliphatic carbocycles. The molecule has 1 aromatic rings. The third-order valence-electron chi connectivity index (χ3n) is 2.64. The minimum absolute atomic E-state index is 0.291. The molecule has 0 radical (unpaired) electrons. The first-order valence-corrected chi connectivity index (χ1v) is 7.73. The van der Waals surface area contributed by atoms with Gasteiger partial charge < -0.3 is 15.7 Å². The van der Waals surface area contributed by atoms with E-state index in [1.807, 2.05) is 19.2 Å². The number of rotatable bonds is 6. The Balaban J connectivity index is 2.50. The van der Waals surface area contributed by atoms with Gasteiger partial charge in [-0.25, -0.2) is 4.79 Å². The van der Waals surface area contributed by atoms with Crippen molar-refractivity contribution in [2.75, 3.05) is 18.1 Å². The van der Waals surface area contributed by atoms with Crippen molar-refractivity contribution in [2.45, 2.75) is 30.8 Å². The number of halogens is 1. The van der Waals surface area contributed by atoms with Crippen LogP contribution in [0.4, 0.5) is 10.5 Å². The molecule has 0 aliphatic heterocycles. The normalized spacial score (nSPS) is 12.0. The number of urea groups is 1. The average Bonchev–Trinajstić information content (AvgIpc) is 2.38. The number of thioether (sulfide) groups is 1. The molecule has 0 fully saturated rings. The summed E-state index contributed by atoms with van der Waals surface area (Å²) in [5, 5.41) is 15.4. The maximum Gasteiger partial charge on any atom is 0.319 e. The molecule has 106 valence electrons. The second kappa shape index (κ2) is 8.30. The molecule has 1 aromatic carbocycles. The van der Waals surface area contributed by atoms with Gasteiger partial charge in [0, 0.05) is 16.5 Å². The van der Waals surface area contributed by atoms with Crippen LogP contribution in [0, 0.1) is 0 Å². The highest BCUT2D eigenvalue weighted by atomic mass is 35.5. The minimum atomic E-state index is -0.367. The van der Waals surface area contributed by atoms with Crippen LogP contribution in [-0.4, -0.2) is 30.0 Å². The van der Waals surface area contributed by atoms with E-state index in [1.54, 1.807) is 12.1 Å². The van der Waals surface area contributed by atoms with E-state index in [-0.39, 0.29) is 12.1 Å². The van der Waals surface area contributed by atoms with Gasteiger partial charge in [0.2, 0.25) is 0 Å². The van der Waals surface area contributed by atoms with Crippen molar-refractivity contribution in [1.29, 1.82) is 0 Å². The number of carbonyl (C=O) groups excluding carboxylic acids is 1. The summed E-state index contributed by atoms with van der Waals surface area (Å²) in [6.07, 6.45) is 2.81. The third-order valence-corrected chi connectivity index (χ3v) is 3.68. The van der Waals surface area contributed by atoms with Gasteiger partial charge in [0.1, 0.15) is 0 Å². The van der Waals surface area contributed by atoms with Crippen LogP contribution >= 0.6 is 23.4 Å². The lowest BCUT2D eigenvalue weighted by molar-refractivity contribution is 0.160. The Kier molecular flexibility index (Phi) is 7.05. The second-order valence-electron chi connectivity index (χ2n) is 4.08. The molecule has 1 unspecified atom stereocenters. The van der Waals surface area contributed by atoms with Crippen molar-refractivity contribution < 1.29 is 9.90 Å². The number of aliphatic hydroxyl groups is 1. The van der Waals surface area contributed by atoms with Gasteiger partial charge in [-0.3, -0.25) is 0 Å². The van der Waals surface area contributed by atoms with Gasteiger partial charge in [-0.05, 0) is 37.3 Å². The topological polar surface area (TPSA) is 61.4 Å². The fourth-order valence-electron chi connectivity index (χ4n) is 1.50. The molecule has 0 bridgehead atoms. The number of nitrogens with one attached hydrogen (secondary N) is 2. The molecule has 19 heavy (non-hydrogen) atoms. The summed E-state index contributed by atoms with van der Waals surface area (Å²) in [6, 6.07) is 5.08. The van der Waals surface area contributed by atoms with Crippen molar-refractivity contribution in [2.24, 2.45) is 0 Å². The number of amides is 2. The number of anilines is 1. The average molecular weight is 303 g/mol. The number of aliphatic hydroxyl groups excluding tert-OH is 1. The zero-order chi connectivity index (χ0) is 14.3. The Morgan fingerprint density at radius 3 is 2.89 bits per heavy atom. The zero-order valence-electron chi connectivity index (χ0n) is 11.1. The van der Waals surface area contributed by atoms with Crippen LogP contribution in [0.25, 0.3) is 0 Å². The molecule has 0 aromatic heterocycles. The van der Waals surface area contributed by atoms with Crippen molar-refractivity contribution in [3.8, 4) is 0 Å². The number of benzene rings is 1. The fraction of sp³-hybridized carbons (Fsp3) is 0.462. The Morgan fingerprint density at radius 1 is 1.53 bits per heavy atom. The lowest BCUT2D eigenvalue weighted by Crippen LogP contribution is -2.31. The Morgan fingerprint density at radius 2 is 2.26 bits per heavy atom. The van der Waals surface area contributed by atoms with E-state index < -0.39 is 0 Å². The summed E-state index contributed by atoms with van der Waals surface area (Å²) in [5.41, 5.74) is 0.688. The molecular weight excluding hydrogens is 284 g/mol. The fourth-order valence-corrected chi connectivity index (χ4v) is 2.21. The molecule has 6 heteroatoms. The predicted octanol–water partition coefficient (Wildman–Crippen LogP) is 3.34. The maximum absolute atomic E-state index is 11.7. The van der Waals surface area contributed by atoms with E-state index in [4.69, 9.17) is 11.6 Å². The molecule has 1 atom stereocenters. The molecular formula is C13H19ClN2O2S. The Hall–Kier alpha value is -0.910. The molecule has 1 rings (SSSR count). The van der Waals surface area contributed by atoms with E-state index in [9.17, 15) is 9.90 Å². The Labute approximate surface area is 122 Å². The van der Waals surface area contributed by atoms with Gasteiger partial charge in [0.05, 0.1) is 11.8 Å². The quantitative estimate of drug-likeness (QED) is 0.706. The van der Waals surface area contributed by atoms with Crippen LogP contribution in [0.3, 0.4) is 0 Å². The van der Waals surface area contributed by atoms with E-state index in [0.29, 0.717) is 30.1 Å². The maximum atomic E-state index is 11.7. The smallest absolute Gasteiger partial charge is 0.319 e. The van der Waals surface area contributed by atoms with Crippen LogP contribution in [0.1, 0.15) is 19.8 Å². The first-order chi connectivity index (χ1) is 9.06. The van der Waals surface area contributed by atoms with Gasteiger partial charge >= 0.3 is 6.03 Å². The van der Waals surface area contributed by atoms with E-state index in [0.717, 1.165) is 4.90 Å². The molecule has 0 spiro atoms. The minimum Gasteiger partial charge on any atom is -0.393 e. The van der Waals surface area contributed by atoms with Crippen LogP contribution in [0.15, 0.2) is 23.1 Å². The van der Waals surface area contributed by atoms with E-state index in [2.05, 4.69) is 10.6 Å². The van der Waals surface area contributed by atoms with Gasteiger partial charge in [-0.2, -0.15) is 0 Å². The number of hydrogen-bond acceptors (Lipinski definition) is 3. The second-order valence-corrected chi connectivity index (χ2v) is 5.36. The van der Waals surface area contributed by atoms with Gasteiger partial charge in [-0.15, -0.1) is 11.8 Å². The molecule has 0 heterocycles. The molecule has 3 N–H and O–H groups in total. The summed E-state index contributed by atoms with van der Waals surface area (Å²) in [4.78, 5) is 12.7. The lowest BCUT2D eigenvalue weighted by atomic mass is 10.2. The monoisotopic (exact) mass is 302 g/mol. The first-order valence-electron chi connectivity index (χ1n) is 6.13. The highest BCUT2D eigenvalue weighted by Crippen LogP contribution is 2.28. The van der Waals surface area contributed by atoms with Gasteiger partial charge in [0.25, 0.3) is 0 Å². The van der Waals surface area contributed by atoms with Crippen molar-refractivity contribution in [1.82, 2.24) is 5.32 Å².